The number of imidazole rings is 1. The second kappa shape index (κ2) is 2.73. The Morgan fingerprint density at radius 2 is 2.29 bits per heavy atom. The maximum atomic E-state index is 10.9. The van der Waals surface area contributed by atoms with Crippen molar-refractivity contribution in [1.82, 2.24) is 9.38 Å². The zero-order valence-electron chi connectivity index (χ0n) is 7.69. The fourth-order valence-corrected chi connectivity index (χ4v) is 1.35. The number of primary amides is 1. The number of nitrogens with two attached hydrogens (primary N) is 2. The van der Waals surface area contributed by atoms with E-state index in [9.17, 15) is 4.79 Å². The van der Waals surface area contributed by atoms with E-state index in [2.05, 4.69) is 4.98 Å². The van der Waals surface area contributed by atoms with E-state index in [1.807, 2.05) is 19.1 Å². The Balaban J connectivity index is 2.79. The highest BCUT2D eigenvalue weighted by Crippen LogP contribution is 2.15. The molecule has 72 valence electrons. The third-order valence-electron chi connectivity index (χ3n) is 2.05. The Kier molecular flexibility index (Phi) is 1.67. The predicted octanol–water partition coefficient (Wildman–Crippen LogP) is 0.324. The summed E-state index contributed by atoms with van der Waals surface area (Å²) in [6.45, 7) is 1.94. The molecule has 14 heavy (non-hydrogen) atoms. The van der Waals surface area contributed by atoms with Crippen LogP contribution in [0.1, 0.15) is 16.1 Å². The number of carbonyl (C=O) groups excluding carboxylic acids is 1. The lowest BCUT2D eigenvalue weighted by atomic mass is 10.3. The average Bonchev–Trinajstić information content (AvgIpc) is 2.43. The third-order valence-corrected chi connectivity index (χ3v) is 2.05. The summed E-state index contributed by atoms with van der Waals surface area (Å²) in [7, 11) is 0. The van der Waals surface area contributed by atoms with Gasteiger partial charge in [0.15, 0.2) is 5.69 Å². The number of carbonyl (C=O) groups is 1. The lowest BCUT2D eigenvalue weighted by Crippen LogP contribution is -2.13. The molecule has 0 aliphatic carbocycles. The van der Waals surface area contributed by atoms with E-state index in [-0.39, 0.29) is 11.5 Å². The Hall–Kier alpha value is -2.04. The van der Waals surface area contributed by atoms with Gasteiger partial charge in [0.2, 0.25) is 0 Å². The van der Waals surface area contributed by atoms with Crippen LogP contribution in [0.5, 0.6) is 0 Å². The van der Waals surface area contributed by atoms with E-state index in [1.54, 1.807) is 10.6 Å². The van der Waals surface area contributed by atoms with Gasteiger partial charge in [0.1, 0.15) is 11.5 Å². The molecule has 0 spiro atoms. The van der Waals surface area contributed by atoms with Crippen molar-refractivity contribution in [3.05, 3.63) is 29.6 Å². The zero-order chi connectivity index (χ0) is 10.3. The molecule has 0 radical (unpaired) electrons. The summed E-state index contributed by atoms with van der Waals surface area (Å²) in [4.78, 5) is 15.0. The van der Waals surface area contributed by atoms with Gasteiger partial charge >= 0.3 is 0 Å². The van der Waals surface area contributed by atoms with Gasteiger partial charge < -0.3 is 11.5 Å². The minimum absolute atomic E-state index is 0.121. The summed E-state index contributed by atoms with van der Waals surface area (Å²) < 4.78 is 1.63. The zero-order valence-corrected chi connectivity index (χ0v) is 7.69. The molecule has 0 fully saturated rings. The van der Waals surface area contributed by atoms with Gasteiger partial charge in [0, 0.05) is 6.20 Å². The Morgan fingerprint density at radius 1 is 1.57 bits per heavy atom. The number of anilines is 1. The van der Waals surface area contributed by atoms with Crippen LogP contribution < -0.4 is 11.5 Å². The van der Waals surface area contributed by atoms with Gasteiger partial charge in [-0.15, -0.1) is 0 Å². The van der Waals surface area contributed by atoms with Crippen molar-refractivity contribution in [3.8, 4) is 0 Å². The van der Waals surface area contributed by atoms with Gasteiger partial charge in [-0.2, -0.15) is 0 Å². The number of rotatable bonds is 1. The molecule has 5 nitrogen and oxygen atoms in total. The van der Waals surface area contributed by atoms with Gasteiger partial charge in [-0.05, 0) is 24.6 Å². The van der Waals surface area contributed by atoms with Crippen molar-refractivity contribution >= 4 is 17.4 Å². The first-order valence-electron chi connectivity index (χ1n) is 4.13. The van der Waals surface area contributed by atoms with Gasteiger partial charge in [-0.3, -0.25) is 9.20 Å². The molecule has 2 heterocycles. The van der Waals surface area contributed by atoms with E-state index in [4.69, 9.17) is 11.5 Å². The normalized spacial score (nSPS) is 10.6. The van der Waals surface area contributed by atoms with Crippen molar-refractivity contribution in [2.24, 2.45) is 5.73 Å². The minimum atomic E-state index is -0.608. The number of hydrogen-bond acceptors (Lipinski definition) is 3. The van der Waals surface area contributed by atoms with Crippen molar-refractivity contribution < 1.29 is 4.79 Å². The average molecular weight is 190 g/mol. The number of nitrogen functional groups attached to an aromatic ring is 1. The number of fused-ring (bicyclic) bond motifs is 1. The van der Waals surface area contributed by atoms with E-state index in [0.29, 0.717) is 5.65 Å². The molecule has 1 amide bonds. The number of amides is 1. The van der Waals surface area contributed by atoms with Crippen LogP contribution in [0.4, 0.5) is 5.82 Å². The second-order valence-electron chi connectivity index (χ2n) is 3.14. The molecule has 2 aromatic rings. The molecule has 0 unspecified atom stereocenters. The van der Waals surface area contributed by atoms with Gasteiger partial charge in [0.25, 0.3) is 5.91 Å². The molecule has 5 heteroatoms. The number of hydrogen-bond donors (Lipinski definition) is 2. The maximum Gasteiger partial charge on any atom is 0.271 e. The van der Waals surface area contributed by atoms with Crippen LogP contribution in [0, 0.1) is 6.92 Å². The van der Waals surface area contributed by atoms with Crippen LogP contribution in [0.25, 0.3) is 5.65 Å². The van der Waals surface area contributed by atoms with Gasteiger partial charge in [-0.1, -0.05) is 0 Å². The molecule has 0 bridgehead atoms. The monoisotopic (exact) mass is 190 g/mol. The molecule has 0 atom stereocenters. The van der Waals surface area contributed by atoms with E-state index in [1.165, 1.54) is 0 Å². The first kappa shape index (κ1) is 8.55. The molecule has 0 saturated heterocycles. The third kappa shape index (κ3) is 1.10. The van der Waals surface area contributed by atoms with Crippen LogP contribution in [0.3, 0.4) is 0 Å². The smallest absolute Gasteiger partial charge is 0.271 e. The summed E-state index contributed by atoms with van der Waals surface area (Å²) in [5.74, 6) is -0.323. The van der Waals surface area contributed by atoms with E-state index >= 15 is 0 Å². The molecule has 0 aromatic carbocycles. The molecular formula is C9H10N4O. The van der Waals surface area contributed by atoms with Crippen LogP contribution >= 0.6 is 0 Å². The molecule has 0 aliphatic heterocycles. The first-order valence-corrected chi connectivity index (χ1v) is 4.13. The van der Waals surface area contributed by atoms with E-state index in [0.717, 1.165) is 5.56 Å². The SMILES string of the molecule is Cc1ccn2c(N)c(C(N)=O)nc2c1. The van der Waals surface area contributed by atoms with Crippen molar-refractivity contribution in [1.29, 1.82) is 0 Å². The number of aryl methyl sites for hydroxylation is 1. The largest absolute Gasteiger partial charge is 0.383 e. The number of nitrogens with zero attached hydrogens (tertiary/aromatic N) is 2. The van der Waals surface area contributed by atoms with Gasteiger partial charge in [-0.25, -0.2) is 4.98 Å². The highest BCUT2D eigenvalue weighted by molar-refractivity contribution is 5.96. The molecule has 0 aliphatic rings. The molecule has 2 aromatic heterocycles. The van der Waals surface area contributed by atoms with Crippen LogP contribution in [0.15, 0.2) is 18.3 Å². The van der Waals surface area contributed by atoms with Crippen LogP contribution in [0.2, 0.25) is 0 Å². The number of pyridine rings is 1. The molecule has 0 saturated carbocycles. The minimum Gasteiger partial charge on any atom is -0.383 e. The van der Waals surface area contributed by atoms with E-state index < -0.39 is 5.91 Å². The second-order valence-corrected chi connectivity index (χ2v) is 3.14. The lowest BCUT2D eigenvalue weighted by Gasteiger charge is -1.96. The fourth-order valence-electron chi connectivity index (χ4n) is 1.35. The summed E-state index contributed by atoms with van der Waals surface area (Å²) in [5.41, 5.74) is 12.6. The maximum absolute atomic E-state index is 10.9. The van der Waals surface area contributed by atoms with Crippen molar-refractivity contribution in [2.45, 2.75) is 6.92 Å². The number of aromatic nitrogens is 2. The lowest BCUT2D eigenvalue weighted by molar-refractivity contribution is 0.0997. The van der Waals surface area contributed by atoms with Crippen molar-refractivity contribution in [2.75, 3.05) is 5.73 Å². The molecule has 2 rings (SSSR count). The fraction of sp³-hybridized carbons (Fsp3) is 0.111. The highest BCUT2D eigenvalue weighted by atomic mass is 16.1. The molecular weight excluding hydrogens is 180 g/mol. The summed E-state index contributed by atoms with van der Waals surface area (Å²) >= 11 is 0. The molecule has 4 N–H and O–H groups in total. The topological polar surface area (TPSA) is 86.4 Å². The van der Waals surface area contributed by atoms with Crippen molar-refractivity contribution in [3.63, 3.8) is 0 Å². The summed E-state index contributed by atoms with van der Waals surface area (Å²) in [5, 5.41) is 0. The standard InChI is InChI=1S/C9H10N4O/c1-5-2-3-13-6(4-5)12-7(8(13)10)9(11)14/h2-4H,10H2,1H3,(H2,11,14). The quantitative estimate of drug-likeness (QED) is 0.679. The van der Waals surface area contributed by atoms with Crippen LogP contribution in [-0.2, 0) is 0 Å². The Bertz CT molecular complexity index is 515. The Labute approximate surface area is 80.3 Å². The summed E-state index contributed by atoms with van der Waals surface area (Å²) in [6.07, 6.45) is 1.76. The first-order chi connectivity index (χ1) is 6.59. The van der Waals surface area contributed by atoms with Gasteiger partial charge in [0.05, 0.1) is 0 Å². The Morgan fingerprint density at radius 3 is 2.93 bits per heavy atom. The predicted molar refractivity (Wildman–Crippen MR) is 52.9 cm³/mol. The highest BCUT2D eigenvalue weighted by Gasteiger charge is 2.13. The summed E-state index contributed by atoms with van der Waals surface area (Å²) in [6, 6.07) is 3.72. The van der Waals surface area contributed by atoms with Crippen LogP contribution in [-0.4, -0.2) is 15.3 Å².